The van der Waals surface area contributed by atoms with Gasteiger partial charge in [0.1, 0.15) is 0 Å². The molecule has 0 bridgehead atoms. The minimum atomic E-state index is -0.0849. The van der Waals surface area contributed by atoms with Gasteiger partial charge in [-0.25, -0.2) is 0 Å². The Hall–Kier alpha value is -1.38. The normalized spacial score (nSPS) is 13.8. The lowest BCUT2D eigenvalue weighted by Crippen LogP contribution is -2.35. The molecule has 0 saturated heterocycles. The van der Waals surface area contributed by atoms with Crippen molar-refractivity contribution in [1.82, 2.24) is 0 Å². The fourth-order valence-electron chi connectivity index (χ4n) is 2.16. The van der Waals surface area contributed by atoms with Crippen molar-refractivity contribution in [3.05, 3.63) is 47.5 Å². The third kappa shape index (κ3) is 2.40. The van der Waals surface area contributed by atoms with E-state index in [1.807, 2.05) is 0 Å². The quantitative estimate of drug-likeness (QED) is 0.868. The van der Waals surface area contributed by atoms with E-state index in [9.17, 15) is 0 Å². The smallest absolute Gasteiger partial charge is 0.0359 e. The van der Waals surface area contributed by atoms with Crippen LogP contribution in [0.5, 0.6) is 0 Å². The molecule has 2 nitrogen and oxygen atoms in total. The molecule has 4 N–H and O–H groups in total. The van der Waals surface area contributed by atoms with Crippen LogP contribution in [0.2, 0.25) is 0 Å². The number of benzene rings is 2. The number of aryl methyl sites for hydroxylation is 1. The molecule has 0 aliphatic heterocycles. The van der Waals surface area contributed by atoms with E-state index in [-0.39, 0.29) is 11.5 Å². The van der Waals surface area contributed by atoms with E-state index in [0.717, 1.165) is 5.56 Å². The van der Waals surface area contributed by atoms with Crippen LogP contribution in [0.15, 0.2) is 36.4 Å². The highest BCUT2D eigenvalue weighted by Gasteiger charge is 2.26. The molecule has 2 heteroatoms. The van der Waals surface area contributed by atoms with Gasteiger partial charge in [-0.15, -0.1) is 0 Å². The molecule has 1 atom stereocenters. The molecule has 0 heterocycles. The molecule has 96 valence electrons. The lowest BCUT2D eigenvalue weighted by Gasteiger charge is -2.30. The van der Waals surface area contributed by atoms with Crippen molar-refractivity contribution < 1.29 is 0 Å². The van der Waals surface area contributed by atoms with Gasteiger partial charge in [0, 0.05) is 6.04 Å². The summed E-state index contributed by atoms with van der Waals surface area (Å²) in [6, 6.07) is 12.9. The average Bonchev–Trinajstić information content (AvgIpc) is 2.37. The van der Waals surface area contributed by atoms with Crippen LogP contribution in [0, 0.1) is 12.3 Å². The van der Waals surface area contributed by atoms with Crippen LogP contribution in [-0.4, -0.2) is 6.54 Å². The van der Waals surface area contributed by atoms with E-state index in [0.29, 0.717) is 6.54 Å². The number of fused-ring (bicyclic) bond motifs is 1. The molecule has 0 aromatic heterocycles. The minimum absolute atomic E-state index is 0.0341. The number of hydrogen-bond donors (Lipinski definition) is 2. The summed E-state index contributed by atoms with van der Waals surface area (Å²) in [5.41, 5.74) is 14.5. The van der Waals surface area contributed by atoms with Crippen molar-refractivity contribution in [1.29, 1.82) is 0 Å². The van der Waals surface area contributed by atoms with Crippen molar-refractivity contribution in [3.8, 4) is 0 Å². The highest BCUT2D eigenvalue weighted by atomic mass is 14.7. The Bertz CT molecular complexity index is 558. The minimum Gasteiger partial charge on any atom is -0.330 e. The van der Waals surface area contributed by atoms with Gasteiger partial charge >= 0.3 is 0 Å². The fourth-order valence-corrected chi connectivity index (χ4v) is 2.16. The third-order valence-corrected chi connectivity index (χ3v) is 3.75. The second-order valence-corrected chi connectivity index (χ2v) is 5.78. The topological polar surface area (TPSA) is 52.0 Å². The second kappa shape index (κ2) is 4.71. The Kier molecular flexibility index (Phi) is 3.42. The summed E-state index contributed by atoms with van der Waals surface area (Å²) in [4.78, 5) is 0. The Morgan fingerprint density at radius 2 is 1.67 bits per heavy atom. The van der Waals surface area contributed by atoms with Gasteiger partial charge in [-0.1, -0.05) is 49.7 Å². The van der Waals surface area contributed by atoms with Crippen molar-refractivity contribution in [2.24, 2.45) is 16.9 Å². The van der Waals surface area contributed by atoms with Gasteiger partial charge in [0.2, 0.25) is 0 Å². The zero-order valence-electron chi connectivity index (χ0n) is 11.4. The number of hydrogen-bond acceptors (Lipinski definition) is 2. The van der Waals surface area contributed by atoms with Crippen molar-refractivity contribution in [3.63, 3.8) is 0 Å². The first-order valence-electron chi connectivity index (χ1n) is 6.40. The van der Waals surface area contributed by atoms with Crippen LogP contribution in [-0.2, 0) is 0 Å². The van der Waals surface area contributed by atoms with E-state index >= 15 is 0 Å². The lowest BCUT2D eigenvalue weighted by atomic mass is 9.80. The Morgan fingerprint density at radius 3 is 2.33 bits per heavy atom. The molecule has 0 amide bonds. The Balaban J connectivity index is 2.44. The Labute approximate surface area is 109 Å². The van der Waals surface area contributed by atoms with E-state index in [1.165, 1.54) is 16.3 Å². The van der Waals surface area contributed by atoms with Crippen LogP contribution in [0.3, 0.4) is 0 Å². The molecule has 0 radical (unpaired) electrons. The van der Waals surface area contributed by atoms with Crippen LogP contribution in [0.1, 0.15) is 31.0 Å². The summed E-state index contributed by atoms with van der Waals surface area (Å²) < 4.78 is 0. The van der Waals surface area contributed by atoms with Gasteiger partial charge in [-0.05, 0) is 41.3 Å². The van der Waals surface area contributed by atoms with E-state index < -0.39 is 0 Å². The molecule has 0 aliphatic rings. The fraction of sp³-hybridized carbons (Fsp3) is 0.375. The third-order valence-electron chi connectivity index (χ3n) is 3.75. The largest absolute Gasteiger partial charge is 0.330 e. The zero-order chi connectivity index (χ0) is 13.3. The molecule has 2 rings (SSSR count). The van der Waals surface area contributed by atoms with Crippen molar-refractivity contribution in [2.75, 3.05) is 6.54 Å². The molecular formula is C16H22N2. The summed E-state index contributed by atoms with van der Waals surface area (Å²) in [6.07, 6.45) is 0. The highest BCUT2D eigenvalue weighted by molar-refractivity contribution is 5.83. The summed E-state index contributed by atoms with van der Waals surface area (Å²) in [6.45, 7) is 6.91. The van der Waals surface area contributed by atoms with Crippen LogP contribution >= 0.6 is 0 Å². The van der Waals surface area contributed by atoms with Gasteiger partial charge in [-0.2, -0.15) is 0 Å². The summed E-state index contributed by atoms with van der Waals surface area (Å²) >= 11 is 0. The standard InChI is InChI=1S/C16H22N2/c1-11-4-5-13-9-14(7-6-12(13)8-11)15(18)16(2,3)10-17/h4-9,15H,10,17-18H2,1-3H3. The summed E-state index contributed by atoms with van der Waals surface area (Å²) in [7, 11) is 0. The number of rotatable bonds is 3. The molecule has 0 aliphatic carbocycles. The monoisotopic (exact) mass is 242 g/mol. The maximum Gasteiger partial charge on any atom is 0.0359 e. The molecule has 2 aromatic rings. The lowest BCUT2D eigenvalue weighted by molar-refractivity contribution is 0.301. The van der Waals surface area contributed by atoms with Gasteiger partial charge in [0.05, 0.1) is 0 Å². The zero-order valence-corrected chi connectivity index (χ0v) is 11.4. The Morgan fingerprint density at radius 1 is 1.06 bits per heavy atom. The van der Waals surface area contributed by atoms with Crippen molar-refractivity contribution in [2.45, 2.75) is 26.8 Å². The van der Waals surface area contributed by atoms with E-state index in [1.54, 1.807) is 0 Å². The summed E-state index contributed by atoms with van der Waals surface area (Å²) in [5, 5.41) is 2.50. The first-order chi connectivity index (χ1) is 8.44. The SMILES string of the molecule is Cc1ccc2cc(C(N)C(C)(C)CN)ccc2c1. The van der Waals surface area contributed by atoms with Gasteiger partial charge < -0.3 is 11.5 Å². The molecule has 0 spiro atoms. The predicted octanol–water partition coefficient (Wildman–Crippen LogP) is 3.13. The van der Waals surface area contributed by atoms with Crippen LogP contribution in [0.25, 0.3) is 10.8 Å². The van der Waals surface area contributed by atoms with Gasteiger partial charge in [-0.3, -0.25) is 0 Å². The molecule has 0 saturated carbocycles. The molecule has 2 aromatic carbocycles. The average molecular weight is 242 g/mol. The molecule has 1 unspecified atom stereocenters. The van der Waals surface area contributed by atoms with Crippen LogP contribution in [0.4, 0.5) is 0 Å². The maximum absolute atomic E-state index is 6.32. The maximum atomic E-state index is 6.32. The first kappa shape index (κ1) is 13.1. The van der Waals surface area contributed by atoms with E-state index in [4.69, 9.17) is 11.5 Å². The molecular weight excluding hydrogens is 220 g/mol. The molecule has 18 heavy (non-hydrogen) atoms. The van der Waals surface area contributed by atoms with Gasteiger partial charge in [0.25, 0.3) is 0 Å². The highest BCUT2D eigenvalue weighted by Crippen LogP contribution is 2.31. The van der Waals surface area contributed by atoms with Gasteiger partial charge in [0.15, 0.2) is 0 Å². The predicted molar refractivity (Wildman–Crippen MR) is 78.4 cm³/mol. The first-order valence-corrected chi connectivity index (χ1v) is 6.40. The second-order valence-electron chi connectivity index (χ2n) is 5.78. The van der Waals surface area contributed by atoms with Crippen molar-refractivity contribution >= 4 is 10.8 Å². The van der Waals surface area contributed by atoms with Crippen LogP contribution < -0.4 is 11.5 Å². The molecule has 0 fully saturated rings. The number of nitrogens with two attached hydrogens (primary N) is 2. The summed E-state index contributed by atoms with van der Waals surface area (Å²) in [5.74, 6) is 0. The van der Waals surface area contributed by atoms with E-state index in [2.05, 4.69) is 57.2 Å².